The number of amides is 2. The third-order valence-corrected chi connectivity index (χ3v) is 5.20. The number of carbonyl (C=O) groups is 2. The highest BCUT2D eigenvalue weighted by Gasteiger charge is 2.32. The van der Waals surface area contributed by atoms with Crippen molar-refractivity contribution in [1.29, 1.82) is 0 Å². The average molecular weight is 374 g/mol. The van der Waals surface area contributed by atoms with E-state index < -0.39 is 0 Å². The molecule has 0 aromatic carbocycles. The first-order valence-electron chi connectivity index (χ1n) is 9.70. The number of pyridine rings is 1. The minimum absolute atomic E-state index is 0.0438. The fourth-order valence-electron chi connectivity index (χ4n) is 3.47. The number of morpholine rings is 1. The van der Waals surface area contributed by atoms with Crippen LogP contribution in [0.15, 0.2) is 18.3 Å². The molecule has 2 aliphatic heterocycles. The van der Waals surface area contributed by atoms with Crippen LogP contribution in [0.5, 0.6) is 0 Å². The van der Waals surface area contributed by atoms with Gasteiger partial charge in [0.1, 0.15) is 5.82 Å². The zero-order valence-electron chi connectivity index (χ0n) is 16.5. The minimum Gasteiger partial charge on any atom is -0.374 e. The molecule has 2 N–H and O–H groups in total. The van der Waals surface area contributed by atoms with Gasteiger partial charge >= 0.3 is 0 Å². The van der Waals surface area contributed by atoms with E-state index in [4.69, 9.17) is 4.74 Å². The van der Waals surface area contributed by atoms with Crippen LogP contribution in [-0.4, -0.2) is 59.6 Å². The molecule has 0 saturated carbocycles. The number of hydrogen-bond donors (Lipinski definition) is 2. The van der Waals surface area contributed by atoms with Crippen LogP contribution in [0.1, 0.15) is 38.7 Å². The molecule has 148 valence electrons. The molecule has 27 heavy (non-hydrogen) atoms. The van der Waals surface area contributed by atoms with Crippen LogP contribution in [0.3, 0.4) is 0 Å². The summed E-state index contributed by atoms with van der Waals surface area (Å²) >= 11 is 0. The molecule has 2 unspecified atom stereocenters. The number of nitrogens with one attached hydrogen (secondary N) is 2. The summed E-state index contributed by atoms with van der Waals surface area (Å²) in [5.74, 6) is 0.349. The number of piperidine rings is 1. The van der Waals surface area contributed by atoms with Gasteiger partial charge in [0.25, 0.3) is 0 Å². The Morgan fingerprint density at radius 3 is 2.89 bits per heavy atom. The van der Waals surface area contributed by atoms with Crippen molar-refractivity contribution < 1.29 is 14.3 Å². The second kappa shape index (κ2) is 8.35. The van der Waals surface area contributed by atoms with Crippen LogP contribution in [0, 0.1) is 12.8 Å². The lowest BCUT2D eigenvalue weighted by Crippen LogP contribution is -2.54. The van der Waals surface area contributed by atoms with Crippen molar-refractivity contribution in [3.05, 3.63) is 23.9 Å². The highest BCUT2D eigenvalue weighted by atomic mass is 16.5. The molecule has 2 atom stereocenters. The maximum atomic E-state index is 12.7. The van der Waals surface area contributed by atoms with E-state index in [9.17, 15) is 9.59 Å². The Hall–Kier alpha value is -1.99. The number of ether oxygens (including phenoxy) is 1. The maximum absolute atomic E-state index is 12.7. The molecule has 2 fully saturated rings. The molecule has 1 aromatic heterocycles. The first-order chi connectivity index (χ1) is 12.8. The standard InChI is InChI=1S/C20H30N4O3/c1-14-6-7-17(21-10-14)23-19(26)15-5-4-8-24(12-15)18(25)9-16-11-22-20(2,3)13-27-16/h6-7,10,15-16,22H,4-5,8-9,11-13H2,1-3H3,(H,21,23,26). The molecule has 7 nitrogen and oxygen atoms in total. The molecule has 2 aliphatic rings. The van der Waals surface area contributed by atoms with E-state index in [0.717, 1.165) is 18.4 Å². The lowest BCUT2D eigenvalue weighted by Gasteiger charge is -2.37. The molecule has 0 spiro atoms. The Balaban J connectivity index is 1.50. The molecule has 0 bridgehead atoms. The molecular formula is C20H30N4O3. The Bertz CT molecular complexity index is 664. The van der Waals surface area contributed by atoms with Gasteiger partial charge in [-0.25, -0.2) is 4.98 Å². The third-order valence-electron chi connectivity index (χ3n) is 5.20. The maximum Gasteiger partial charge on any atom is 0.230 e. The van der Waals surface area contributed by atoms with Crippen LogP contribution in [0.4, 0.5) is 5.82 Å². The summed E-state index contributed by atoms with van der Waals surface area (Å²) in [6.45, 7) is 8.56. The van der Waals surface area contributed by atoms with E-state index in [1.165, 1.54) is 0 Å². The van der Waals surface area contributed by atoms with E-state index in [1.807, 2.05) is 13.0 Å². The predicted octanol–water partition coefficient (Wildman–Crippen LogP) is 1.72. The number of carbonyl (C=O) groups excluding carboxylic acids is 2. The normalized spacial score (nSPS) is 25.1. The predicted molar refractivity (Wildman–Crippen MR) is 103 cm³/mol. The highest BCUT2D eigenvalue weighted by Crippen LogP contribution is 2.21. The molecule has 1 aromatic rings. The first kappa shape index (κ1) is 19.8. The van der Waals surface area contributed by atoms with Gasteiger partial charge in [0.05, 0.1) is 25.0 Å². The van der Waals surface area contributed by atoms with Gasteiger partial charge in [-0.05, 0) is 45.2 Å². The van der Waals surface area contributed by atoms with E-state index in [2.05, 4.69) is 29.5 Å². The Morgan fingerprint density at radius 2 is 2.22 bits per heavy atom. The van der Waals surface area contributed by atoms with Crippen LogP contribution in [0.2, 0.25) is 0 Å². The van der Waals surface area contributed by atoms with Gasteiger partial charge in [-0.2, -0.15) is 0 Å². The smallest absolute Gasteiger partial charge is 0.230 e. The van der Waals surface area contributed by atoms with E-state index in [1.54, 1.807) is 17.2 Å². The van der Waals surface area contributed by atoms with Crippen LogP contribution < -0.4 is 10.6 Å². The van der Waals surface area contributed by atoms with E-state index in [0.29, 0.717) is 38.5 Å². The van der Waals surface area contributed by atoms with Crippen molar-refractivity contribution in [1.82, 2.24) is 15.2 Å². The SMILES string of the molecule is Cc1ccc(NC(=O)C2CCCN(C(=O)CC3CNC(C)(C)CO3)C2)nc1. The van der Waals surface area contributed by atoms with Crippen LogP contribution >= 0.6 is 0 Å². The van der Waals surface area contributed by atoms with E-state index in [-0.39, 0.29) is 29.4 Å². The fraction of sp³-hybridized carbons (Fsp3) is 0.650. The van der Waals surface area contributed by atoms with Gasteiger partial charge in [0.2, 0.25) is 11.8 Å². The van der Waals surface area contributed by atoms with E-state index >= 15 is 0 Å². The summed E-state index contributed by atoms with van der Waals surface area (Å²) in [7, 11) is 0. The summed E-state index contributed by atoms with van der Waals surface area (Å²) in [5, 5.41) is 6.27. The number of hydrogen-bond acceptors (Lipinski definition) is 5. The average Bonchev–Trinajstić information content (AvgIpc) is 2.65. The van der Waals surface area contributed by atoms with Crippen molar-refractivity contribution in [2.45, 2.75) is 51.7 Å². The summed E-state index contributed by atoms with van der Waals surface area (Å²) in [6.07, 6.45) is 3.61. The molecule has 7 heteroatoms. The summed E-state index contributed by atoms with van der Waals surface area (Å²) in [5.41, 5.74) is 1.00. The highest BCUT2D eigenvalue weighted by molar-refractivity contribution is 5.92. The van der Waals surface area contributed by atoms with Crippen molar-refractivity contribution >= 4 is 17.6 Å². The van der Waals surface area contributed by atoms with Crippen molar-refractivity contribution in [3.8, 4) is 0 Å². The number of rotatable bonds is 4. The third kappa shape index (κ3) is 5.49. The quantitative estimate of drug-likeness (QED) is 0.838. The van der Waals surface area contributed by atoms with Crippen LogP contribution in [0.25, 0.3) is 0 Å². The van der Waals surface area contributed by atoms with Gasteiger partial charge in [0, 0.05) is 31.4 Å². The number of aromatic nitrogens is 1. The van der Waals surface area contributed by atoms with Gasteiger partial charge in [-0.15, -0.1) is 0 Å². The van der Waals surface area contributed by atoms with Crippen molar-refractivity contribution in [2.75, 3.05) is 31.6 Å². The number of anilines is 1. The van der Waals surface area contributed by atoms with Gasteiger partial charge in [0.15, 0.2) is 0 Å². The lowest BCUT2D eigenvalue weighted by molar-refractivity contribution is -0.138. The Morgan fingerprint density at radius 1 is 1.41 bits per heavy atom. The molecule has 0 aliphatic carbocycles. The fourth-order valence-corrected chi connectivity index (χ4v) is 3.47. The zero-order chi connectivity index (χ0) is 19.4. The van der Waals surface area contributed by atoms with Gasteiger partial charge in [-0.3, -0.25) is 9.59 Å². The first-order valence-corrected chi connectivity index (χ1v) is 9.70. The molecule has 2 saturated heterocycles. The monoisotopic (exact) mass is 374 g/mol. The van der Waals surface area contributed by atoms with Crippen molar-refractivity contribution in [2.24, 2.45) is 5.92 Å². The molecule has 3 rings (SSSR count). The molecule has 0 radical (unpaired) electrons. The van der Waals surface area contributed by atoms with Gasteiger partial charge in [-0.1, -0.05) is 6.07 Å². The van der Waals surface area contributed by atoms with Gasteiger partial charge < -0.3 is 20.3 Å². The molecule has 3 heterocycles. The second-order valence-corrected chi connectivity index (χ2v) is 8.29. The largest absolute Gasteiger partial charge is 0.374 e. The Kier molecular flexibility index (Phi) is 6.11. The molecular weight excluding hydrogens is 344 g/mol. The summed E-state index contributed by atoms with van der Waals surface area (Å²) < 4.78 is 5.82. The van der Waals surface area contributed by atoms with Crippen molar-refractivity contribution in [3.63, 3.8) is 0 Å². The zero-order valence-corrected chi connectivity index (χ0v) is 16.5. The second-order valence-electron chi connectivity index (χ2n) is 8.29. The number of nitrogens with zero attached hydrogens (tertiary/aromatic N) is 2. The molecule has 2 amide bonds. The lowest BCUT2D eigenvalue weighted by atomic mass is 9.96. The minimum atomic E-state index is -0.199. The number of likely N-dealkylation sites (tertiary alicyclic amines) is 1. The summed E-state index contributed by atoms with van der Waals surface area (Å²) in [4.78, 5) is 31.2. The summed E-state index contributed by atoms with van der Waals surface area (Å²) in [6, 6.07) is 3.71. The van der Waals surface area contributed by atoms with Crippen LogP contribution in [-0.2, 0) is 14.3 Å². The Labute approximate surface area is 160 Å². The number of aryl methyl sites for hydroxylation is 1. The topological polar surface area (TPSA) is 83.6 Å².